The van der Waals surface area contributed by atoms with Crippen LogP contribution in [0.3, 0.4) is 0 Å². The summed E-state index contributed by atoms with van der Waals surface area (Å²) in [5.41, 5.74) is 9.76. The Morgan fingerprint density at radius 2 is 1.83 bits per heavy atom. The second-order valence-electron chi connectivity index (χ2n) is 7.77. The summed E-state index contributed by atoms with van der Waals surface area (Å²) in [5.74, 6) is -0.455. The van der Waals surface area contributed by atoms with Gasteiger partial charge in [-0.2, -0.15) is 5.10 Å². The van der Waals surface area contributed by atoms with Crippen molar-refractivity contribution in [1.82, 2.24) is 15.1 Å². The molecule has 1 amide bonds. The Bertz CT molecular complexity index is 1010. The first-order chi connectivity index (χ1) is 14.0. The van der Waals surface area contributed by atoms with Gasteiger partial charge in [-0.1, -0.05) is 23.8 Å². The van der Waals surface area contributed by atoms with Crippen LogP contribution < -0.4 is 11.1 Å². The summed E-state index contributed by atoms with van der Waals surface area (Å²) in [6.45, 7) is 2.01. The summed E-state index contributed by atoms with van der Waals surface area (Å²) >= 11 is 0. The standard InChI is InChI=1S/C23H25FN4O.ClH/c1-15-3-2-4-16(13-15)22-21(23(29)26-19-9-7-18(25)8-10-19)14-28(27-22)20-11-5-17(24)6-12-20;/h2-6,11-14,18-19H,7-10,25H2,1H3,(H,26,29);1H. The third kappa shape index (κ3) is 4.89. The number of benzene rings is 2. The average molecular weight is 429 g/mol. The summed E-state index contributed by atoms with van der Waals surface area (Å²) in [5, 5.41) is 7.81. The van der Waals surface area contributed by atoms with Crippen molar-refractivity contribution in [1.29, 1.82) is 0 Å². The molecule has 0 aliphatic heterocycles. The Labute approximate surface area is 181 Å². The Kier molecular flexibility index (Phi) is 6.90. The fraction of sp³-hybridized carbons (Fsp3) is 0.304. The van der Waals surface area contributed by atoms with Crippen LogP contribution in [0.2, 0.25) is 0 Å². The highest BCUT2D eigenvalue weighted by molar-refractivity contribution is 6.00. The minimum atomic E-state index is -0.312. The maximum atomic E-state index is 13.3. The predicted molar refractivity (Wildman–Crippen MR) is 119 cm³/mol. The van der Waals surface area contributed by atoms with Gasteiger partial charge in [0, 0.05) is 23.8 Å². The molecule has 1 aliphatic rings. The highest BCUT2D eigenvalue weighted by Crippen LogP contribution is 2.26. The highest BCUT2D eigenvalue weighted by Gasteiger charge is 2.24. The van der Waals surface area contributed by atoms with Gasteiger partial charge in [0.05, 0.1) is 11.3 Å². The summed E-state index contributed by atoms with van der Waals surface area (Å²) < 4.78 is 14.9. The Morgan fingerprint density at radius 1 is 1.13 bits per heavy atom. The van der Waals surface area contributed by atoms with E-state index in [-0.39, 0.29) is 36.2 Å². The molecule has 0 radical (unpaired) electrons. The number of aryl methyl sites for hydroxylation is 1. The molecule has 0 saturated heterocycles. The van der Waals surface area contributed by atoms with Crippen LogP contribution >= 0.6 is 12.4 Å². The van der Waals surface area contributed by atoms with E-state index in [1.165, 1.54) is 12.1 Å². The van der Waals surface area contributed by atoms with Gasteiger partial charge in [0.1, 0.15) is 11.5 Å². The van der Waals surface area contributed by atoms with Crippen molar-refractivity contribution in [3.05, 3.63) is 71.7 Å². The van der Waals surface area contributed by atoms with Crippen LogP contribution in [0.1, 0.15) is 41.6 Å². The van der Waals surface area contributed by atoms with Crippen LogP contribution in [0.4, 0.5) is 4.39 Å². The van der Waals surface area contributed by atoms with Gasteiger partial charge < -0.3 is 11.1 Å². The average Bonchev–Trinajstić information content (AvgIpc) is 3.16. The number of amides is 1. The summed E-state index contributed by atoms with van der Waals surface area (Å²) in [7, 11) is 0. The van der Waals surface area contributed by atoms with E-state index in [2.05, 4.69) is 10.4 Å². The van der Waals surface area contributed by atoms with Crippen molar-refractivity contribution >= 4 is 18.3 Å². The number of halogens is 2. The summed E-state index contributed by atoms with van der Waals surface area (Å²) in [6.07, 6.45) is 5.33. The maximum absolute atomic E-state index is 13.3. The van der Waals surface area contributed by atoms with Crippen LogP contribution in [0.25, 0.3) is 16.9 Å². The van der Waals surface area contributed by atoms with Crippen molar-refractivity contribution < 1.29 is 9.18 Å². The van der Waals surface area contributed by atoms with E-state index >= 15 is 0 Å². The Morgan fingerprint density at radius 3 is 2.50 bits per heavy atom. The van der Waals surface area contributed by atoms with Gasteiger partial charge >= 0.3 is 0 Å². The number of nitrogens with two attached hydrogens (primary N) is 1. The number of rotatable bonds is 4. The zero-order valence-electron chi connectivity index (χ0n) is 16.8. The lowest BCUT2D eigenvalue weighted by Gasteiger charge is -2.26. The van der Waals surface area contributed by atoms with Gasteiger partial charge in [0.2, 0.25) is 0 Å². The minimum absolute atomic E-state index is 0. The van der Waals surface area contributed by atoms with Crippen molar-refractivity contribution in [2.45, 2.75) is 44.7 Å². The monoisotopic (exact) mass is 428 g/mol. The largest absolute Gasteiger partial charge is 0.349 e. The van der Waals surface area contributed by atoms with Crippen molar-refractivity contribution in [3.8, 4) is 16.9 Å². The normalized spacial score (nSPS) is 18.5. The summed E-state index contributed by atoms with van der Waals surface area (Å²) in [4.78, 5) is 13.1. The molecule has 1 heterocycles. The molecule has 7 heteroatoms. The lowest BCUT2D eigenvalue weighted by Crippen LogP contribution is -2.40. The first-order valence-electron chi connectivity index (χ1n) is 9.98. The number of nitrogens with one attached hydrogen (secondary N) is 1. The van der Waals surface area contributed by atoms with Gasteiger partial charge in [0.25, 0.3) is 5.91 Å². The van der Waals surface area contributed by atoms with E-state index in [4.69, 9.17) is 5.73 Å². The third-order valence-electron chi connectivity index (χ3n) is 5.45. The van der Waals surface area contributed by atoms with Crippen LogP contribution in [0.5, 0.6) is 0 Å². The molecule has 0 atom stereocenters. The van der Waals surface area contributed by atoms with Crippen molar-refractivity contribution in [3.63, 3.8) is 0 Å². The third-order valence-corrected chi connectivity index (χ3v) is 5.45. The molecular weight excluding hydrogens is 403 g/mol. The fourth-order valence-electron chi connectivity index (χ4n) is 3.80. The van der Waals surface area contributed by atoms with Crippen molar-refractivity contribution in [2.75, 3.05) is 0 Å². The van der Waals surface area contributed by atoms with Crippen LogP contribution in [0, 0.1) is 12.7 Å². The van der Waals surface area contributed by atoms with Gasteiger partial charge in [-0.15, -0.1) is 12.4 Å². The van der Waals surface area contributed by atoms with E-state index in [1.54, 1.807) is 23.0 Å². The lowest BCUT2D eigenvalue weighted by atomic mass is 9.91. The van der Waals surface area contributed by atoms with Gasteiger partial charge in [0.15, 0.2) is 0 Å². The number of carbonyl (C=O) groups excluding carboxylic acids is 1. The quantitative estimate of drug-likeness (QED) is 0.646. The molecule has 30 heavy (non-hydrogen) atoms. The van der Waals surface area contributed by atoms with E-state index < -0.39 is 0 Å². The number of nitrogens with zero attached hydrogens (tertiary/aromatic N) is 2. The van der Waals surface area contributed by atoms with E-state index in [1.807, 2.05) is 31.2 Å². The second-order valence-corrected chi connectivity index (χ2v) is 7.77. The zero-order chi connectivity index (χ0) is 20.4. The predicted octanol–water partition coefficient (Wildman–Crippen LogP) is 4.41. The molecule has 3 N–H and O–H groups in total. The molecule has 2 aromatic carbocycles. The van der Waals surface area contributed by atoms with E-state index in [0.717, 1.165) is 36.8 Å². The highest BCUT2D eigenvalue weighted by atomic mass is 35.5. The fourth-order valence-corrected chi connectivity index (χ4v) is 3.80. The van der Waals surface area contributed by atoms with Crippen LogP contribution in [-0.2, 0) is 0 Å². The van der Waals surface area contributed by atoms with E-state index in [9.17, 15) is 9.18 Å². The topological polar surface area (TPSA) is 72.9 Å². The molecule has 1 fully saturated rings. The van der Waals surface area contributed by atoms with Crippen LogP contribution in [0.15, 0.2) is 54.7 Å². The SMILES string of the molecule is Cc1cccc(-c2nn(-c3ccc(F)cc3)cc2C(=O)NC2CCC(N)CC2)c1.Cl. The number of hydrogen-bond acceptors (Lipinski definition) is 3. The molecule has 4 rings (SSSR count). The van der Waals surface area contributed by atoms with Crippen LogP contribution in [-0.4, -0.2) is 27.8 Å². The Hall–Kier alpha value is -2.70. The van der Waals surface area contributed by atoms with Gasteiger partial charge in [-0.3, -0.25) is 4.79 Å². The lowest BCUT2D eigenvalue weighted by molar-refractivity contribution is 0.0926. The van der Waals surface area contributed by atoms with E-state index in [0.29, 0.717) is 16.9 Å². The minimum Gasteiger partial charge on any atom is -0.349 e. The number of hydrogen-bond donors (Lipinski definition) is 2. The van der Waals surface area contributed by atoms with Crippen molar-refractivity contribution in [2.24, 2.45) is 5.73 Å². The van der Waals surface area contributed by atoms with Gasteiger partial charge in [-0.25, -0.2) is 9.07 Å². The van der Waals surface area contributed by atoms with Gasteiger partial charge in [-0.05, 0) is 62.9 Å². The smallest absolute Gasteiger partial charge is 0.255 e. The molecular formula is C23H26ClFN4O. The molecule has 0 unspecified atom stereocenters. The first kappa shape index (κ1) is 22.0. The Balaban J connectivity index is 0.00000256. The zero-order valence-corrected chi connectivity index (χ0v) is 17.7. The molecule has 3 aromatic rings. The molecule has 1 saturated carbocycles. The first-order valence-corrected chi connectivity index (χ1v) is 9.98. The number of aromatic nitrogens is 2. The molecule has 0 bridgehead atoms. The molecule has 1 aliphatic carbocycles. The molecule has 0 spiro atoms. The molecule has 1 aromatic heterocycles. The number of carbonyl (C=O) groups is 1. The molecule has 158 valence electrons. The second kappa shape index (κ2) is 9.41. The maximum Gasteiger partial charge on any atom is 0.255 e. The summed E-state index contributed by atoms with van der Waals surface area (Å²) in [6, 6.07) is 14.3. The molecule has 5 nitrogen and oxygen atoms in total.